The Hall–Kier alpha value is -1.23. The molecule has 1 aromatic rings. The molecule has 0 atom stereocenters. The van der Waals surface area contributed by atoms with E-state index in [0.29, 0.717) is 12.0 Å². The number of aryl methyl sites for hydroxylation is 1. The average molecular weight is 254 g/mol. The molecule has 0 spiro atoms. The van der Waals surface area contributed by atoms with Crippen LogP contribution < -0.4 is 10.6 Å². The third-order valence-corrected chi connectivity index (χ3v) is 3.08. The number of nitrogen functional groups attached to an aromatic ring is 1. The number of aliphatic hydroxyl groups excluding tert-OH is 1. The topological polar surface area (TPSA) is 67.3 Å². The molecule has 0 saturated carbocycles. The van der Waals surface area contributed by atoms with Gasteiger partial charge < -0.3 is 15.7 Å². The Labute approximate surface area is 110 Å². The first-order valence-corrected chi connectivity index (χ1v) is 6.60. The Kier molecular flexibility index (Phi) is 5.02. The minimum absolute atomic E-state index is 0.192. The molecule has 5 heteroatoms. The van der Waals surface area contributed by atoms with E-state index >= 15 is 0 Å². The summed E-state index contributed by atoms with van der Waals surface area (Å²) < 4.78 is 1.85. The first-order valence-electron chi connectivity index (χ1n) is 6.60. The van der Waals surface area contributed by atoms with E-state index in [9.17, 15) is 0 Å². The number of rotatable bonds is 6. The molecule has 0 bridgehead atoms. The highest BCUT2D eigenvalue weighted by Crippen LogP contribution is 2.31. The van der Waals surface area contributed by atoms with Crippen LogP contribution in [0.2, 0.25) is 0 Å². The van der Waals surface area contributed by atoms with Crippen LogP contribution in [0, 0.1) is 0 Å². The predicted octanol–water partition coefficient (Wildman–Crippen LogP) is 1.72. The smallest absolute Gasteiger partial charge is 0.150 e. The molecule has 0 radical (unpaired) electrons. The molecule has 0 aromatic carbocycles. The molecular formula is C13H26N4O. The molecule has 0 fully saturated rings. The Morgan fingerprint density at radius 3 is 2.33 bits per heavy atom. The van der Waals surface area contributed by atoms with Crippen molar-refractivity contribution in [2.24, 2.45) is 7.05 Å². The Balaban J connectivity index is 3.11. The van der Waals surface area contributed by atoms with Gasteiger partial charge in [-0.1, -0.05) is 13.8 Å². The van der Waals surface area contributed by atoms with E-state index in [1.54, 1.807) is 0 Å². The number of aromatic nitrogens is 2. The van der Waals surface area contributed by atoms with Crippen LogP contribution in [0.4, 0.5) is 11.5 Å². The number of aliphatic hydroxyl groups is 1. The lowest BCUT2D eigenvalue weighted by molar-refractivity contribution is 0.288. The Morgan fingerprint density at radius 1 is 1.33 bits per heavy atom. The van der Waals surface area contributed by atoms with Gasteiger partial charge in [0.2, 0.25) is 0 Å². The number of nitrogens with two attached hydrogens (primary N) is 1. The lowest BCUT2D eigenvalue weighted by Crippen LogP contribution is -2.34. The van der Waals surface area contributed by atoms with E-state index in [4.69, 9.17) is 10.8 Å². The van der Waals surface area contributed by atoms with E-state index in [2.05, 4.69) is 37.7 Å². The second-order valence-corrected chi connectivity index (χ2v) is 5.27. The molecule has 1 rings (SSSR count). The third-order valence-electron chi connectivity index (χ3n) is 3.08. The van der Waals surface area contributed by atoms with E-state index in [1.807, 2.05) is 11.7 Å². The summed E-state index contributed by atoms with van der Waals surface area (Å²) in [6.07, 6.45) is 0.736. The molecule has 3 N–H and O–H groups in total. The Bertz CT molecular complexity index is 385. The van der Waals surface area contributed by atoms with Gasteiger partial charge in [0.25, 0.3) is 0 Å². The molecule has 0 aliphatic carbocycles. The monoisotopic (exact) mass is 254 g/mol. The summed E-state index contributed by atoms with van der Waals surface area (Å²) in [7, 11) is 1.92. The Morgan fingerprint density at radius 2 is 1.94 bits per heavy atom. The van der Waals surface area contributed by atoms with Crippen molar-refractivity contribution in [2.45, 2.75) is 46.1 Å². The molecule has 0 unspecified atom stereocenters. The van der Waals surface area contributed by atoms with Gasteiger partial charge in [-0.15, -0.1) is 0 Å². The quantitative estimate of drug-likeness (QED) is 0.811. The van der Waals surface area contributed by atoms with Gasteiger partial charge in [0.1, 0.15) is 0 Å². The fraction of sp³-hybridized carbons (Fsp3) is 0.769. The summed E-state index contributed by atoms with van der Waals surface area (Å²) in [5, 5.41) is 13.5. The second-order valence-electron chi connectivity index (χ2n) is 5.27. The normalized spacial score (nSPS) is 11.6. The number of anilines is 2. The van der Waals surface area contributed by atoms with Gasteiger partial charge in [0.05, 0.1) is 11.4 Å². The molecule has 1 heterocycles. The zero-order valence-corrected chi connectivity index (χ0v) is 12.1. The third kappa shape index (κ3) is 2.96. The van der Waals surface area contributed by atoms with Crippen LogP contribution in [0.3, 0.4) is 0 Å². The average Bonchev–Trinajstić information content (AvgIpc) is 2.57. The van der Waals surface area contributed by atoms with Crippen LogP contribution in [0.15, 0.2) is 0 Å². The first kappa shape index (κ1) is 14.8. The highest BCUT2D eigenvalue weighted by atomic mass is 16.3. The van der Waals surface area contributed by atoms with E-state index in [-0.39, 0.29) is 6.61 Å². The van der Waals surface area contributed by atoms with Gasteiger partial charge >= 0.3 is 0 Å². The van der Waals surface area contributed by atoms with Crippen molar-refractivity contribution in [2.75, 3.05) is 23.8 Å². The van der Waals surface area contributed by atoms with Crippen LogP contribution >= 0.6 is 0 Å². The molecule has 5 nitrogen and oxygen atoms in total. The van der Waals surface area contributed by atoms with Gasteiger partial charge in [-0.05, 0) is 26.2 Å². The highest BCUT2D eigenvalue weighted by Gasteiger charge is 2.22. The molecule has 0 saturated heterocycles. The summed E-state index contributed by atoms with van der Waals surface area (Å²) >= 11 is 0. The summed E-state index contributed by atoms with van der Waals surface area (Å²) in [5.74, 6) is 1.28. The second kappa shape index (κ2) is 6.09. The number of nitrogens with zero attached hydrogens (tertiary/aromatic N) is 3. The van der Waals surface area contributed by atoms with Crippen LogP contribution in [-0.4, -0.2) is 34.1 Å². The molecule has 0 amide bonds. The first-order chi connectivity index (χ1) is 8.40. The molecule has 0 aliphatic heterocycles. The summed E-state index contributed by atoms with van der Waals surface area (Å²) in [6.45, 7) is 9.41. The maximum atomic E-state index is 9.00. The van der Waals surface area contributed by atoms with Crippen molar-refractivity contribution >= 4 is 11.5 Å². The van der Waals surface area contributed by atoms with Crippen molar-refractivity contribution in [1.29, 1.82) is 0 Å². The molecule has 1 aromatic heterocycles. The summed E-state index contributed by atoms with van der Waals surface area (Å²) in [5.41, 5.74) is 7.94. The SMILES string of the molecule is CC(C)c1nn(C)c(N(CCCO)C(C)C)c1N. The lowest BCUT2D eigenvalue weighted by atomic mass is 10.1. The zero-order valence-electron chi connectivity index (χ0n) is 12.1. The number of hydrogen-bond donors (Lipinski definition) is 2. The van der Waals surface area contributed by atoms with Crippen LogP contribution in [0.1, 0.15) is 45.7 Å². The van der Waals surface area contributed by atoms with Crippen molar-refractivity contribution in [3.05, 3.63) is 5.69 Å². The van der Waals surface area contributed by atoms with Crippen LogP contribution in [0.25, 0.3) is 0 Å². The summed E-state index contributed by atoms with van der Waals surface area (Å²) in [6, 6.07) is 0.328. The predicted molar refractivity (Wildman–Crippen MR) is 75.9 cm³/mol. The maximum Gasteiger partial charge on any atom is 0.150 e. The lowest BCUT2D eigenvalue weighted by Gasteiger charge is -2.29. The largest absolute Gasteiger partial charge is 0.396 e. The van der Waals surface area contributed by atoms with E-state index in [1.165, 1.54) is 0 Å². The zero-order chi connectivity index (χ0) is 13.9. The van der Waals surface area contributed by atoms with E-state index < -0.39 is 0 Å². The molecular weight excluding hydrogens is 228 g/mol. The molecule has 18 heavy (non-hydrogen) atoms. The van der Waals surface area contributed by atoms with Gasteiger partial charge in [0, 0.05) is 26.2 Å². The standard InChI is InChI=1S/C13H26N4O/c1-9(2)12-11(14)13(16(5)15-12)17(10(3)4)7-6-8-18/h9-10,18H,6-8,14H2,1-5H3. The van der Waals surface area contributed by atoms with Crippen LogP contribution in [-0.2, 0) is 7.05 Å². The van der Waals surface area contributed by atoms with Gasteiger partial charge in [-0.25, -0.2) is 0 Å². The minimum atomic E-state index is 0.192. The van der Waals surface area contributed by atoms with Gasteiger partial charge in [-0.3, -0.25) is 4.68 Å². The van der Waals surface area contributed by atoms with Gasteiger partial charge in [0.15, 0.2) is 5.82 Å². The number of hydrogen-bond acceptors (Lipinski definition) is 4. The molecule has 0 aliphatic rings. The van der Waals surface area contributed by atoms with Crippen molar-refractivity contribution < 1.29 is 5.11 Å². The van der Waals surface area contributed by atoms with Gasteiger partial charge in [-0.2, -0.15) is 5.10 Å². The summed E-state index contributed by atoms with van der Waals surface area (Å²) in [4.78, 5) is 2.20. The van der Waals surface area contributed by atoms with Crippen LogP contribution in [0.5, 0.6) is 0 Å². The van der Waals surface area contributed by atoms with Crippen molar-refractivity contribution in [3.63, 3.8) is 0 Å². The minimum Gasteiger partial charge on any atom is -0.396 e. The highest BCUT2D eigenvalue weighted by molar-refractivity contribution is 5.67. The van der Waals surface area contributed by atoms with E-state index in [0.717, 1.165) is 30.2 Å². The maximum absolute atomic E-state index is 9.00. The fourth-order valence-corrected chi connectivity index (χ4v) is 2.17. The fourth-order valence-electron chi connectivity index (χ4n) is 2.17. The molecule has 104 valence electrons. The van der Waals surface area contributed by atoms with Crippen molar-refractivity contribution in [3.8, 4) is 0 Å². The van der Waals surface area contributed by atoms with Crippen molar-refractivity contribution in [1.82, 2.24) is 9.78 Å².